The summed E-state index contributed by atoms with van der Waals surface area (Å²) in [6, 6.07) is 16.9. The van der Waals surface area contributed by atoms with E-state index in [-0.39, 0.29) is 0 Å². The van der Waals surface area contributed by atoms with E-state index in [0.717, 1.165) is 16.5 Å². The Balaban J connectivity index is 1.61. The van der Waals surface area contributed by atoms with Crippen LogP contribution in [0.1, 0.15) is 18.2 Å². The fourth-order valence-electron chi connectivity index (χ4n) is 2.75. The molecule has 0 aliphatic heterocycles. The van der Waals surface area contributed by atoms with Crippen LogP contribution in [-0.2, 0) is 14.3 Å². The zero-order valence-electron chi connectivity index (χ0n) is 16.5. The van der Waals surface area contributed by atoms with Gasteiger partial charge in [-0.1, -0.05) is 30.3 Å². The first kappa shape index (κ1) is 20.1. The quantitative estimate of drug-likeness (QED) is 0.506. The van der Waals surface area contributed by atoms with Gasteiger partial charge in [-0.15, -0.1) is 0 Å². The van der Waals surface area contributed by atoms with Crippen LogP contribution in [-0.4, -0.2) is 30.1 Å². The largest absolute Gasteiger partial charge is 0.495 e. The van der Waals surface area contributed by atoms with Gasteiger partial charge in [0.25, 0.3) is 5.91 Å². The minimum Gasteiger partial charge on any atom is -0.495 e. The van der Waals surface area contributed by atoms with Gasteiger partial charge in [0.2, 0.25) is 0 Å². The van der Waals surface area contributed by atoms with E-state index in [9.17, 15) is 9.59 Å². The van der Waals surface area contributed by atoms with Crippen LogP contribution in [0.25, 0.3) is 17.0 Å². The zero-order chi connectivity index (χ0) is 20.8. The Bertz CT molecular complexity index is 1080. The van der Waals surface area contributed by atoms with Crippen molar-refractivity contribution in [2.75, 3.05) is 12.4 Å². The number of benzene rings is 2. The number of esters is 1. The lowest BCUT2D eigenvalue weighted by atomic mass is 10.2. The molecule has 0 radical (unpaired) electrons. The third kappa shape index (κ3) is 5.19. The van der Waals surface area contributed by atoms with Gasteiger partial charge in [0, 0.05) is 11.5 Å². The number of fused-ring (bicyclic) bond motifs is 1. The van der Waals surface area contributed by atoms with Crippen molar-refractivity contribution in [2.45, 2.75) is 20.0 Å². The van der Waals surface area contributed by atoms with Gasteiger partial charge < -0.3 is 14.8 Å². The molecule has 0 aliphatic rings. The van der Waals surface area contributed by atoms with Crippen LogP contribution >= 0.6 is 0 Å². The lowest BCUT2D eigenvalue weighted by Gasteiger charge is -2.15. The van der Waals surface area contributed by atoms with Gasteiger partial charge >= 0.3 is 5.97 Å². The Kier molecular flexibility index (Phi) is 6.24. The van der Waals surface area contributed by atoms with E-state index < -0.39 is 18.0 Å². The van der Waals surface area contributed by atoms with Crippen molar-refractivity contribution in [3.8, 4) is 5.75 Å². The third-order valence-electron chi connectivity index (χ3n) is 4.29. The number of para-hydroxylation sites is 1. The second kappa shape index (κ2) is 9.01. The summed E-state index contributed by atoms with van der Waals surface area (Å²) in [7, 11) is 1.52. The van der Waals surface area contributed by atoms with Gasteiger partial charge in [0.05, 0.1) is 24.0 Å². The highest BCUT2D eigenvalue weighted by molar-refractivity contribution is 5.97. The van der Waals surface area contributed by atoms with Gasteiger partial charge in [-0.25, -0.2) is 9.78 Å². The van der Waals surface area contributed by atoms with Crippen LogP contribution in [0.15, 0.2) is 60.7 Å². The number of hydrogen-bond donors (Lipinski definition) is 1. The lowest BCUT2D eigenvalue weighted by molar-refractivity contribution is -0.148. The number of methoxy groups -OCH3 is 1. The maximum Gasteiger partial charge on any atom is 0.331 e. The number of hydrogen-bond acceptors (Lipinski definition) is 5. The topological polar surface area (TPSA) is 77.5 Å². The first-order chi connectivity index (χ1) is 14.0. The van der Waals surface area contributed by atoms with Crippen molar-refractivity contribution in [3.63, 3.8) is 0 Å². The molecule has 0 saturated carbocycles. The molecule has 148 valence electrons. The summed E-state index contributed by atoms with van der Waals surface area (Å²) in [4.78, 5) is 28.9. The average Bonchev–Trinajstić information content (AvgIpc) is 2.72. The minimum atomic E-state index is -0.970. The van der Waals surface area contributed by atoms with E-state index in [1.165, 1.54) is 20.1 Å². The highest BCUT2D eigenvalue weighted by Crippen LogP contribution is 2.25. The van der Waals surface area contributed by atoms with E-state index in [0.29, 0.717) is 17.1 Å². The summed E-state index contributed by atoms with van der Waals surface area (Å²) in [5, 5.41) is 3.74. The maximum absolute atomic E-state index is 12.4. The summed E-state index contributed by atoms with van der Waals surface area (Å²) in [6.07, 6.45) is 1.85. The van der Waals surface area contributed by atoms with Crippen molar-refractivity contribution >= 4 is 34.5 Å². The maximum atomic E-state index is 12.4. The average molecular weight is 390 g/mol. The molecule has 6 nitrogen and oxygen atoms in total. The van der Waals surface area contributed by atoms with Gasteiger partial charge in [-0.05, 0) is 49.8 Å². The smallest absolute Gasteiger partial charge is 0.331 e. The molecule has 0 saturated heterocycles. The molecule has 0 spiro atoms. The summed E-state index contributed by atoms with van der Waals surface area (Å²) >= 11 is 0. The first-order valence-electron chi connectivity index (χ1n) is 9.16. The number of nitrogens with zero attached hydrogens (tertiary/aromatic N) is 1. The van der Waals surface area contributed by atoms with Crippen molar-refractivity contribution in [1.29, 1.82) is 0 Å². The Morgan fingerprint density at radius 2 is 1.90 bits per heavy atom. The van der Waals surface area contributed by atoms with Crippen LogP contribution in [0.3, 0.4) is 0 Å². The molecule has 0 aliphatic carbocycles. The SMILES string of the molecule is COc1ccc(C)cc1NC(=O)C(C)OC(=O)/C=C/c1ccc2ccccc2n1. The van der Waals surface area contributed by atoms with E-state index >= 15 is 0 Å². The number of nitrogens with one attached hydrogen (secondary N) is 1. The lowest BCUT2D eigenvalue weighted by Crippen LogP contribution is -2.29. The number of carbonyl (C=O) groups excluding carboxylic acids is 2. The van der Waals surface area contributed by atoms with Crippen LogP contribution in [0.2, 0.25) is 0 Å². The molecular formula is C23H22N2O4. The number of ether oxygens (including phenoxy) is 2. The molecule has 1 heterocycles. The summed E-state index contributed by atoms with van der Waals surface area (Å²) in [5.74, 6) is -0.539. The monoisotopic (exact) mass is 390 g/mol. The zero-order valence-corrected chi connectivity index (χ0v) is 16.5. The van der Waals surface area contributed by atoms with Crippen molar-refractivity contribution in [3.05, 3.63) is 71.9 Å². The normalized spacial score (nSPS) is 12.0. The first-order valence-corrected chi connectivity index (χ1v) is 9.16. The molecule has 29 heavy (non-hydrogen) atoms. The molecule has 2 aromatic carbocycles. The van der Waals surface area contributed by atoms with E-state index in [4.69, 9.17) is 9.47 Å². The summed E-state index contributed by atoms with van der Waals surface area (Å²) < 4.78 is 10.4. The second-order valence-electron chi connectivity index (χ2n) is 6.53. The number of anilines is 1. The van der Waals surface area contributed by atoms with Crippen LogP contribution in [0.5, 0.6) is 5.75 Å². The number of aryl methyl sites for hydroxylation is 1. The van der Waals surface area contributed by atoms with Crippen molar-refractivity contribution in [1.82, 2.24) is 4.98 Å². The number of pyridine rings is 1. The van der Waals surface area contributed by atoms with Gasteiger partial charge in [0.15, 0.2) is 6.10 Å². The van der Waals surface area contributed by atoms with E-state index in [1.807, 2.05) is 49.4 Å². The molecule has 1 aromatic heterocycles. The highest BCUT2D eigenvalue weighted by atomic mass is 16.5. The molecular weight excluding hydrogens is 368 g/mol. The van der Waals surface area contributed by atoms with Crippen molar-refractivity contribution in [2.24, 2.45) is 0 Å². The fraction of sp³-hybridized carbons (Fsp3) is 0.174. The predicted octanol–water partition coefficient (Wildman–Crippen LogP) is 4.14. The van der Waals surface area contributed by atoms with Gasteiger partial charge in [-0.3, -0.25) is 4.79 Å². The molecule has 0 fully saturated rings. The minimum absolute atomic E-state index is 0.445. The molecule has 6 heteroatoms. The second-order valence-corrected chi connectivity index (χ2v) is 6.53. The third-order valence-corrected chi connectivity index (χ3v) is 4.29. The molecule has 3 aromatic rings. The number of amides is 1. The van der Waals surface area contributed by atoms with Crippen LogP contribution in [0, 0.1) is 6.92 Å². The van der Waals surface area contributed by atoms with E-state index in [1.54, 1.807) is 18.2 Å². The molecule has 0 bridgehead atoms. The van der Waals surface area contributed by atoms with Crippen LogP contribution in [0.4, 0.5) is 5.69 Å². The number of carbonyl (C=O) groups is 2. The summed E-state index contributed by atoms with van der Waals surface area (Å²) in [5.41, 5.74) is 2.96. The van der Waals surface area contributed by atoms with Gasteiger partial charge in [-0.2, -0.15) is 0 Å². The van der Waals surface area contributed by atoms with Crippen LogP contribution < -0.4 is 10.1 Å². The number of aromatic nitrogens is 1. The Hall–Kier alpha value is -3.67. The molecule has 1 atom stereocenters. The predicted molar refractivity (Wildman–Crippen MR) is 113 cm³/mol. The summed E-state index contributed by atoms with van der Waals surface area (Å²) in [6.45, 7) is 3.42. The Morgan fingerprint density at radius 1 is 1.10 bits per heavy atom. The molecule has 3 rings (SSSR count). The number of rotatable bonds is 6. The van der Waals surface area contributed by atoms with Crippen molar-refractivity contribution < 1.29 is 19.1 Å². The molecule has 1 amide bonds. The van der Waals surface area contributed by atoms with Gasteiger partial charge in [0.1, 0.15) is 5.75 Å². The Morgan fingerprint density at radius 3 is 2.69 bits per heavy atom. The Labute approximate surface area is 169 Å². The standard InChI is InChI=1S/C23H22N2O4/c1-15-8-12-21(28-3)20(14-15)25-23(27)16(2)29-22(26)13-11-18-10-9-17-6-4-5-7-19(17)24-18/h4-14,16H,1-3H3,(H,25,27)/b13-11+. The molecule has 1 N–H and O–H groups in total. The fourth-order valence-corrected chi connectivity index (χ4v) is 2.75. The highest BCUT2D eigenvalue weighted by Gasteiger charge is 2.18. The van der Waals surface area contributed by atoms with E-state index in [2.05, 4.69) is 10.3 Å². The molecule has 1 unspecified atom stereocenters.